The van der Waals surface area contributed by atoms with Gasteiger partial charge in [0.25, 0.3) is 0 Å². The van der Waals surface area contributed by atoms with E-state index in [1.165, 1.54) is 18.1 Å². The second kappa shape index (κ2) is 5.17. The monoisotopic (exact) mass is 279 g/mol. The Balaban J connectivity index is 2.18. The maximum atomic E-state index is 13.8. The second-order valence-electron chi connectivity index (χ2n) is 5.37. The smallest absolute Gasteiger partial charge is 0.530 e. The van der Waals surface area contributed by atoms with E-state index in [9.17, 15) is 14.2 Å². The first-order chi connectivity index (χ1) is 9.24. The SMILES string of the molecule is CC(C)(C)OC(=O)Nc1cc(F)c2c(c1)C=CB(O)O2. The minimum atomic E-state index is -1.17. The van der Waals surface area contributed by atoms with Gasteiger partial charge in [0, 0.05) is 17.3 Å². The maximum absolute atomic E-state index is 13.8. The van der Waals surface area contributed by atoms with Crippen LogP contribution in [0.5, 0.6) is 5.75 Å². The van der Waals surface area contributed by atoms with E-state index in [2.05, 4.69) is 5.32 Å². The minimum absolute atomic E-state index is 0.0465. The highest BCUT2D eigenvalue weighted by atomic mass is 19.1. The van der Waals surface area contributed by atoms with Gasteiger partial charge >= 0.3 is 13.2 Å². The lowest BCUT2D eigenvalue weighted by atomic mass is 9.86. The number of rotatable bonds is 1. The molecule has 0 aliphatic carbocycles. The molecule has 1 amide bonds. The van der Waals surface area contributed by atoms with Gasteiger partial charge in [-0.2, -0.15) is 0 Å². The van der Waals surface area contributed by atoms with Crippen LogP contribution in [0, 0.1) is 5.82 Å². The van der Waals surface area contributed by atoms with Crippen molar-refractivity contribution in [3.63, 3.8) is 0 Å². The van der Waals surface area contributed by atoms with Crippen molar-refractivity contribution >= 4 is 25.0 Å². The number of anilines is 1. The van der Waals surface area contributed by atoms with Gasteiger partial charge in [0.1, 0.15) is 11.4 Å². The standard InChI is InChI=1S/C13H15BFNO4/c1-13(2,3)19-12(17)16-9-6-8-4-5-14(18)20-11(8)10(15)7-9/h4-7,18H,1-3H3,(H,16,17). The van der Waals surface area contributed by atoms with Crippen LogP contribution in [0.4, 0.5) is 14.9 Å². The quantitative estimate of drug-likeness (QED) is 0.775. The molecule has 0 bridgehead atoms. The Morgan fingerprint density at radius 2 is 2.15 bits per heavy atom. The van der Waals surface area contributed by atoms with Crippen LogP contribution in [0.3, 0.4) is 0 Å². The van der Waals surface area contributed by atoms with Gasteiger partial charge in [-0.3, -0.25) is 5.32 Å². The Bertz CT molecular complexity index is 568. The molecule has 1 heterocycles. The molecular weight excluding hydrogens is 264 g/mol. The second-order valence-corrected chi connectivity index (χ2v) is 5.37. The van der Waals surface area contributed by atoms with Gasteiger partial charge in [-0.1, -0.05) is 6.08 Å². The first kappa shape index (κ1) is 14.4. The third-order valence-electron chi connectivity index (χ3n) is 2.40. The summed E-state index contributed by atoms with van der Waals surface area (Å²) >= 11 is 0. The topological polar surface area (TPSA) is 67.8 Å². The van der Waals surface area contributed by atoms with Gasteiger partial charge in [-0.15, -0.1) is 0 Å². The number of benzene rings is 1. The molecule has 2 N–H and O–H groups in total. The molecule has 7 heteroatoms. The lowest BCUT2D eigenvalue weighted by Gasteiger charge is -2.20. The van der Waals surface area contributed by atoms with Crippen LogP contribution < -0.4 is 9.97 Å². The van der Waals surface area contributed by atoms with Gasteiger partial charge in [-0.25, -0.2) is 9.18 Å². The number of nitrogens with one attached hydrogen (secondary N) is 1. The van der Waals surface area contributed by atoms with E-state index in [1.807, 2.05) is 0 Å². The van der Waals surface area contributed by atoms with Gasteiger partial charge in [-0.05, 0) is 32.8 Å². The highest BCUT2D eigenvalue weighted by molar-refractivity contribution is 6.51. The Morgan fingerprint density at radius 1 is 1.45 bits per heavy atom. The third-order valence-corrected chi connectivity index (χ3v) is 2.40. The molecule has 0 saturated carbocycles. The molecule has 0 unspecified atom stereocenters. The number of carbonyl (C=O) groups excluding carboxylic acids is 1. The summed E-state index contributed by atoms with van der Waals surface area (Å²) in [5, 5.41) is 11.7. The van der Waals surface area contributed by atoms with Crippen molar-refractivity contribution < 1.29 is 23.6 Å². The number of ether oxygens (including phenoxy) is 1. The number of amides is 1. The first-order valence-corrected chi connectivity index (χ1v) is 6.11. The number of hydrogen-bond donors (Lipinski definition) is 2. The summed E-state index contributed by atoms with van der Waals surface area (Å²) in [5.74, 6) is 0.658. The highest BCUT2D eigenvalue weighted by Gasteiger charge is 2.23. The molecular formula is C13H15BFNO4. The zero-order valence-corrected chi connectivity index (χ0v) is 11.4. The van der Waals surface area contributed by atoms with Crippen LogP contribution >= 0.6 is 0 Å². The molecule has 106 valence electrons. The van der Waals surface area contributed by atoms with Crippen LogP contribution in [0.1, 0.15) is 26.3 Å². The van der Waals surface area contributed by atoms with E-state index in [4.69, 9.17) is 9.39 Å². The van der Waals surface area contributed by atoms with E-state index < -0.39 is 24.6 Å². The Labute approximate surface area is 116 Å². The van der Waals surface area contributed by atoms with E-state index in [-0.39, 0.29) is 11.4 Å². The number of carbonyl (C=O) groups is 1. The molecule has 1 aromatic rings. The summed E-state index contributed by atoms with van der Waals surface area (Å²) in [6, 6.07) is 2.64. The normalized spacial score (nSPS) is 13.6. The lowest BCUT2D eigenvalue weighted by Crippen LogP contribution is -2.27. The predicted octanol–water partition coefficient (Wildman–Crippen LogP) is 2.60. The molecule has 0 aromatic heterocycles. The fraction of sp³-hybridized carbons (Fsp3) is 0.308. The summed E-state index contributed by atoms with van der Waals surface area (Å²) < 4.78 is 23.9. The Hall–Kier alpha value is -2.02. The summed E-state index contributed by atoms with van der Waals surface area (Å²) in [4.78, 5) is 11.6. The highest BCUT2D eigenvalue weighted by Crippen LogP contribution is 2.31. The van der Waals surface area contributed by atoms with Gasteiger partial charge in [0.15, 0.2) is 5.82 Å². The summed E-state index contributed by atoms with van der Waals surface area (Å²) in [6.07, 6.45) is 0.852. The van der Waals surface area contributed by atoms with Crippen LogP contribution in [0.15, 0.2) is 18.1 Å². The molecule has 1 aliphatic rings. The van der Waals surface area contributed by atoms with E-state index in [0.29, 0.717) is 5.56 Å². The molecule has 0 fully saturated rings. The fourth-order valence-corrected chi connectivity index (χ4v) is 1.70. The summed E-state index contributed by atoms with van der Waals surface area (Å²) in [6.45, 7) is 5.20. The van der Waals surface area contributed by atoms with Crippen molar-refractivity contribution in [3.8, 4) is 5.75 Å². The van der Waals surface area contributed by atoms with Crippen molar-refractivity contribution in [2.45, 2.75) is 26.4 Å². The number of halogens is 1. The maximum Gasteiger partial charge on any atom is 0.552 e. The number of fused-ring (bicyclic) bond motifs is 1. The average Bonchev–Trinajstić information content (AvgIpc) is 2.27. The van der Waals surface area contributed by atoms with Crippen LogP contribution in [-0.4, -0.2) is 23.8 Å². The van der Waals surface area contributed by atoms with Crippen molar-refractivity contribution in [2.24, 2.45) is 0 Å². The van der Waals surface area contributed by atoms with Crippen molar-refractivity contribution in [3.05, 3.63) is 29.5 Å². The zero-order valence-electron chi connectivity index (χ0n) is 11.4. The van der Waals surface area contributed by atoms with E-state index >= 15 is 0 Å². The van der Waals surface area contributed by atoms with Crippen LogP contribution in [0.2, 0.25) is 0 Å². The molecule has 0 spiro atoms. The fourth-order valence-electron chi connectivity index (χ4n) is 1.70. The van der Waals surface area contributed by atoms with Crippen LogP contribution in [0.25, 0.3) is 6.08 Å². The lowest BCUT2D eigenvalue weighted by molar-refractivity contribution is 0.0636. The van der Waals surface area contributed by atoms with E-state index in [0.717, 1.165) is 6.07 Å². The molecule has 2 rings (SSSR count). The first-order valence-electron chi connectivity index (χ1n) is 6.11. The van der Waals surface area contributed by atoms with Gasteiger partial charge in [0.05, 0.1) is 0 Å². The Morgan fingerprint density at radius 3 is 2.80 bits per heavy atom. The largest absolute Gasteiger partial charge is 0.552 e. The van der Waals surface area contributed by atoms with Crippen molar-refractivity contribution in [1.29, 1.82) is 0 Å². The summed E-state index contributed by atoms with van der Waals surface area (Å²) in [5.41, 5.74) is 0.0470. The third kappa shape index (κ3) is 3.51. The predicted molar refractivity (Wildman–Crippen MR) is 73.9 cm³/mol. The molecule has 0 radical (unpaired) electrons. The number of hydrogen-bond acceptors (Lipinski definition) is 4. The molecule has 1 aliphatic heterocycles. The van der Waals surface area contributed by atoms with Crippen molar-refractivity contribution in [1.82, 2.24) is 0 Å². The molecule has 0 atom stereocenters. The average molecular weight is 279 g/mol. The van der Waals surface area contributed by atoms with Crippen LogP contribution in [-0.2, 0) is 4.74 Å². The van der Waals surface area contributed by atoms with E-state index in [1.54, 1.807) is 20.8 Å². The summed E-state index contributed by atoms with van der Waals surface area (Å²) in [7, 11) is -1.17. The zero-order chi connectivity index (χ0) is 14.9. The van der Waals surface area contributed by atoms with Gasteiger partial charge in [0.2, 0.25) is 0 Å². The Kier molecular flexibility index (Phi) is 3.72. The molecule has 20 heavy (non-hydrogen) atoms. The van der Waals surface area contributed by atoms with Gasteiger partial charge < -0.3 is 14.4 Å². The minimum Gasteiger partial charge on any atom is -0.530 e. The molecule has 1 aromatic carbocycles. The molecule has 5 nitrogen and oxygen atoms in total. The van der Waals surface area contributed by atoms with Crippen molar-refractivity contribution in [2.75, 3.05) is 5.32 Å². The molecule has 0 saturated heterocycles.